The van der Waals surface area contributed by atoms with E-state index in [1.807, 2.05) is 30.0 Å². The van der Waals surface area contributed by atoms with Crippen LogP contribution in [0.3, 0.4) is 0 Å². The summed E-state index contributed by atoms with van der Waals surface area (Å²) in [6, 6.07) is 11.4. The molecule has 26 aliphatic rings. The molecular formula is C115H207N23O2. The van der Waals surface area contributed by atoms with Gasteiger partial charge in [-0.2, -0.15) is 10.2 Å². The molecule has 25 heteroatoms. The number of rotatable bonds is 12. The normalized spacial score (nSPS) is 37.9. The minimum Gasteiger partial charge on any atom is -0.374 e. The van der Waals surface area contributed by atoms with Gasteiger partial charge in [-0.15, -0.1) is 0 Å². The highest BCUT2D eigenvalue weighted by atomic mass is 16.5. The van der Waals surface area contributed by atoms with Gasteiger partial charge >= 0.3 is 0 Å². The van der Waals surface area contributed by atoms with Gasteiger partial charge in [0.2, 0.25) is 5.91 Å². The number of aromatic nitrogens is 6. The Morgan fingerprint density at radius 1 is 0.500 bits per heavy atom. The molecule has 9 saturated carbocycles. The van der Waals surface area contributed by atoms with E-state index in [2.05, 4.69) is 332 Å². The molecule has 0 radical (unpaired) electrons. The van der Waals surface area contributed by atoms with Gasteiger partial charge in [-0.05, 0) is 303 Å². The number of likely N-dealkylation sites (N-methyl/N-ethyl adjacent to an activating group) is 1. The number of amides is 1. The van der Waals surface area contributed by atoms with Crippen molar-refractivity contribution in [1.29, 1.82) is 0 Å². The number of H-pyrrole nitrogens is 1. The van der Waals surface area contributed by atoms with Crippen molar-refractivity contribution < 1.29 is 9.53 Å². The Bertz CT molecular complexity index is 4440. The number of hydrazone groups is 1. The second-order valence-electron chi connectivity index (χ2n) is 53.5. The summed E-state index contributed by atoms with van der Waals surface area (Å²) >= 11 is 0. The second kappa shape index (κ2) is 43.9. The zero-order chi connectivity index (χ0) is 101. The third-order valence-corrected chi connectivity index (χ3v) is 41.5. The molecule has 17 aliphatic heterocycles. The Balaban J connectivity index is 0.000000110. The standard InChI is InChI=1S/C12H16.2C10H17N3.C10H18N2O.C10H20N2.C10H19N.C9H17N3.C9H15N3.C9H18N2O.C9H18N2.C9H17N.C8H15N/c1-4(2)12-8-5-9(12)7-10(12)6(8)11(5,7)3;1-8(2)13-5-4-10-9(7-13)6-12(3)11-10;1-8(2)12-4-5-13-7-11-9(3)10(13)6-12;1-8(2)12-6-10(7-12)4-5-11(3)9(10)13;1-7(2)12-6-9-8(3)10(12)5-11(9)4;1-8(2)10-4-9(5-10)6-11(3)7-10;1-7(2)12-4-3-9-8(6-12)5-10-11-9;1-7(2)12-4-3-8-9(5-12)11-6-10-8;1-7(2)11-3-4-12-9-6-10-5-8(9)11;1-6(2)11-5-8-7(3)9(11)4-10-8;1-7(2)10-5-8-4-9(8,3)6-10;1-6(2)9-4-7-3-8(7)5-9/h4-10H,1-3H3;6,8H,4-5,7H2,1-3H3;7-8H,4-6H2,1-3H3;8H,4-7H2,1-3H3;7-10H,5-6H2,1-4H3;8-9H,4-7H2,1-3H3;5,7-9,11H,3-4,6H2,1-2H3;6-7H,3-5H2,1-2H3,(H,10,11);7-10H,3-6H2,1-2H3;6-10H,4-5H2,1-3H3;7-8H,4-6H2,1-3H3;6-8H,3-5H2,1-2H3. The lowest BCUT2D eigenvalue weighted by molar-refractivity contribution is -0.662. The maximum absolute atomic E-state index is 11.8. The van der Waals surface area contributed by atoms with Gasteiger partial charge in [0.15, 0.2) is 0 Å². The van der Waals surface area contributed by atoms with Gasteiger partial charge in [0.25, 0.3) is 0 Å². The van der Waals surface area contributed by atoms with Crippen molar-refractivity contribution in [2.45, 2.75) is 381 Å². The van der Waals surface area contributed by atoms with E-state index in [1.165, 1.54) is 180 Å². The molecule has 14 unspecified atom stereocenters. The first kappa shape index (κ1) is 109. The van der Waals surface area contributed by atoms with E-state index in [9.17, 15) is 4.79 Å². The van der Waals surface area contributed by atoms with Gasteiger partial charge in [0.05, 0.1) is 65.3 Å². The summed E-state index contributed by atoms with van der Waals surface area (Å²) in [5.74, 6) is 16.4. The number of fused-ring (bicyclic) bond motifs is 13. The van der Waals surface area contributed by atoms with Crippen LogP contribution in [0, 0.1) is 123 Å². The summed E-state index contributed by atoms with van der Waals surface area (Å²) in [7, 11) is 8.44. The fraction of sp³-hybridized carbons (Fsp3) is 0.904. The van der Waals surface area contributed by atoms with E-state index >= 15 is 0 Å². The van der Waals surface area contributed by atoms with Crippen LogP contribution in [0.5, 0.6) is 0 Å². The maximum Gasteiger partial charge on any atom is 0.231 e. The van der Waals surface area contributed by atoms with Crippen molar-refractivity contribution in [2.24, 2.45) is 128 Å². The highest BCUT2D eigenvalue weighted by molar-refractivity contribution is 5.86. The molecule has 6 bridgehead atoms. The van der Waals surface area contributed by atoms with Gasteiger partial charge in [-0.1, -0.05) is 55.4 Å². The topological polar surface area (TPSA) is 181 Å². The summed E-state index contributed by atoms with van der Waals surface area (Å²) in [6.07, 6.45) is 19.0. The van der Waals surface area contributed by atoms with Gasteiger partial charge in [-0.25, -0.2) is 9.97 Å². The SMILES string of the molecule is CC(C)C12C3C4C1C1C2C3C41C.CC(C)C12CC(CN(C)C1)C2.CC(C)N1CC2(CCN(C)C2=O)C1.CC(C)N1CC2CC2(C)C1.CC(C)N1CC2CC2C1.CC(C)N1CCC2NN=CC2C1.CC(C)N1CCOC2CNCC21.CC(C)N1CCc2nc[nH]c2C1.CC(C)N1CCc2nn(C)cc2C1.CC1C2CN(C(C)C)C1CN2.CC1C2CN(C(C)C)C1CN2C.Cc1ncn2c1CN(C(C)C)CC2. The molecule has 13 saturated heterocycles. The lowest BCUT2D eigenvalue weighted by atomic mass is 8.92. The molecule has 14 atom stereocenters. The highest BCUT2D eigenvalue weighted by Gasteiger charge is 3.08. The molecule has 29 rings (SSSR count). The van der Waals surface area contributed by atoms with E-state index in [-0.39, 0.29) is 5.41 Å². The van der Waals surface area contributed by atoms with Crippen LogP contribution in [0.25, 0.3) is 0 Å². The first-order valence-corrected chi connectivity index (χ1v) is 57.7. The number of nitrogens with one attached hydrogen (secondary N) is 4. The number of aromatic amines is 1. The van der Waals surface area contributed by atoms with Crippen LogP contribution in [0.4, 0.5) is 0 Å². The second-order valence-corrected chi connectivity index (χ2v) is 53.5. The van der Waals surface area contributed by atoms with Crippen molar-refractivity contribution in [2.75, 3.05) is 165 Å². The maximum atomic E-state index is 11.8. The number of hydrogen-bond donors (Lipinski definition) is 4. The number of ether oxygens (including phenoxy) is 1. The van der Waals surface area contributed by atoms with Gasteiger partial charge in [0.1, 0.15) is 0 Å². The summed E-state index contributed by atoms with van der Waals surface area (Å²) in [6.45, 7) is 97.4. The molecule has 1 spiro atoms. The summed E-state index contributed by atoms with van der Waals surface area (Å²) < 4.78 is 9.88. The number of morpholine rings is 1. The number of nitrogens with zero attached hydrogens (tertiary/aromatic N) is 19. The number of likely N-dealkylation sites (tertiary alicyclic amines) is 8. The third-order valence-electron chi connectivity index (χ3n) is 41.5. The van der Waals surface area contributed by atoms with Crippen LogP contribution in [-0.2, 0) is 55.6 Å². The number of imidazole rings is 2. The predicted octanol–water partition coefficient (Wildman–Crippen LogP) is 14.3. The number of hydrogen-bond acceptors (Lipinski definition) is 21. The molecule has 22 fully saturated rings. The van der Waals surface area contributed by atoms with Gasteiger partial charge in [0, 0.05) is 305 Å². The molecular weight excluding hydrogens is 1740 g/mol. The van der Waals surface area contributed by atoms with Crippen molar-refractivity contribution in [3.63, 3.8) is 0 Å². The van der Waals surface area contributed by atoms with Gasteiger partial charge < -0.3 is 59.7 Å². The number of carbonyl (C=O) groups excluding carboxylic acids is 1. The Hall–Kier alpha value is -4.03. The van der Waals surface area contributed by atoms with E-state index < -0.39 is 0 Å². The van der Waals surface area contributed by atoms with E-state index in [0.29, 0.717) is 66.3 Å². The molecule has 9 aliphatic carbocycles. The molecule has 1 amide bonds. The van der Waals surface area contributed by atoms with Crippen molar-refractivity contribution >= 4 is 12.1 Å². The Morgan fingerprint density at radius 3 is 1.61 bits per heavy atom. The van der Waals surface area contributed by atoms with Crippen LogP contribution in [-0.4, -0.2) is 373 Å². The number of piperazine rings is 2. The number of aryl methyl sites for hydroxylation is 2. The Labute approximate surface area is 852 Å². The van der Waals surface area contributed by atoms with E-state index in [0.717, 1.165) is 228 Å². The average molecular weight is 1940 g/mol. The molecule has 3 aromatic rings. The zero-order valence-corrected chi connectivity index (χ0v) is 95.1. The first-order chi connectivity index (χ1) is 66.2. The highest BCUT2D eigenvalue weighted by Crippen LogP contribution is 3.11. The average Bonchev–Trinajstić information content (AvgIpc) is 0.638. The monoisotopic (exact) mass is 1940 g/mol. The summed E-state index contributed by atoms with van der Waals surface area (Å²) in [5.41, 5.74) is 14.3. The Kier molecular flexibility index (Phi) is 34.1. The lowest BCUT2D eigenvalue weighted by Gasteiger charge is -3.12. The molecule has 25 nitrogen and oxygen atoms in total. The molecule has 0 aromatic carbocycles. The largest absolute Gasteiger partial charge is 0.374 e. The molecule has 140 heavy (non-hydrogen) atoms. The molecule has 4 N–H and O–H groups in total. The molecule has 794 valence electrons. The van der Waals surface area contributed by atoms with Crippen LogP contribution >= 0.6 is 0 Å². The molecule has 20 heterocycles. The minimum atomic E-state index is 0.0129. The summed E-state index contributed by atoms with van der Waals surface area (Å²) in [5, 5.41) is 15.5. The van der Waals surface area contributed by atoms with Gasteiger partial charge in [-0.3, -0.25) is 43.8 Å². The quantitative estimate of drug-likeness (QED) is 0.134. The van der Waals surface area contributed by atoms with Crippen molar-refractivity contribution in [3.05, 3.63) is 52.9 Å². The van der Waals surface area contributed by atoms with Crippen LogP contribution in [0.15, 0.2) is 24.0 Å². The van der Waals surface area contributed by atoms with E-state index in [4.69, 9.17) is 4.74 Å². The third kappa shape index (κ3) is 21.6. The van der Waals surface area contributed by atoms with Crippen LogP contribution in [0.2, 0.25) is 0 Å². The van der Waals surface area contributed by atoms with Crippen LogP contribution < -0.4 is 16.1 Å². The van der Waals surface area contributed by atoms with Crippen LogP contribution in [0.1, 0.15) is 266 Å². The smallest absolute Gasteiger partial charge is 0.231 e. The number of carbonyl (C=O) groups is 1. The molecule has 3 aromatic heterocycles. The first-order valence-electron chi connectivity index (χ1n) is 57.7. The Morgan fingerprint density at radius 2 is 1.11 bits per heavy atom. The van der Waals surface area contributed by atoms with Crippen molar-refractivity contribution in [1.82, 2.24) is 109 Å². The fourth-order valence-corrected chi connectivity index (χ4v) is 31.9. The zero-order valence-electron chi connectivity index (χ0n) is 95.1. The fourth-order valence-electron chi connectivity index (χ4n) is 31.9. The minimum absolute atomic E-state index is 0.0129. The predicted molar refractivity (Wildman–Crippen MR) is 576 cm³/mol. The van der Waals surface area contributed by atoms with Crippen molar-refractivity contribution in [3.8, 4) is 0 Å². The van der Waals surface area contributed by atoms with E-state index in [1.54, 1.807) is 6.33 Å². The number of piperidine rings is 5. The summed E-state index contributed by atoms with van der Waals surface area (Å²) in [4.78, 5) is 55.9. The lowest BCUT2D eigenvalue weighted by Crippen LogP contribution is -3.09.